The molecular formula is C9H8F2INO3. The van der Waals surface area contributed by atoms with E-state index in [9.17, 15) is 18.4 Å². The molecule has 0 spiro atoms. The number of aromatic nitrogens is 1. The molecule has 0 aliphatic rings. The zero-order valence-corrected chi connectivity index (χ0v) is 10.4. The number of carbonyl (C=O) groups excluding carboxylic acids is 1. The van der Waals surface area contributed by atoms with Gasteiger partial charge in [0.05, 0.1) is 13.5 Å². The fraction of sp³-hybridized carbons (Fsp3) is 0.333. The van der Waals surface area contributed by atoms with Crippen LogP contribution in [0.3, 0.4) is 0 Å². The van der Waals surface area contributed by atoms with Crippen LogP contribution >= 0.6 is 22.6 Å². The second kappa shape index (κ2) is 5.37. The lowest BCUT2D eigenvalue weighted by atomic mass is 10.1. The van der Waals surface area contributed by atoms with Gasteiger partial charge in [0.1, 0.15) is 0 Å². The van der Waals surface area contributed by atoms with E-state index in [-0.39, 0.29) is 9.13 Å². The molecule has 0 radical (unpaired) electrons. The van der Waals surface area contributed by atoms with E-state index in [4.69, 9.17) is 0 Å². The maximum atomic E-state index is 12.7. The van der Waals surface area contributed by atoms with E-state index >= 15 is 0 Å². The number of methoxy groups -OCH3 is 1. The van der Waals surface area contributed by atoms with Crippen LogP contribution < -0.4 is 5.56 Å². The zero-order chi connectivity index (χ0) is 12.3. The molecule has 0 amide bonds. The predicted octanol–water partition coefficient (Wildman–Crippen LogP) is 1.63. The minimum Gasteiger partial charge on any atom is -0.469 e. The molecular weight excluding hydrogens is 335 g/mol. The van der Waals surface area contributed by atoms with Gasteiger partial charge < -0.3 is 9.72 Å². The summed E-state index contributed by atoms with van der Waals surface area (Å²) >= 11 is 1.67. The van der Waals surface area contributed by atoms with E-state index in [1.165, 1.54) is 6.20 Å². The SMILES string of the molecule is COC(=O)Cc1c(C(F)F)c(I)c[nH]c1=O. The Morgan fingerprint density at radius 1 is 1.62 bits per heavy atom. The lowest BCUT2D eigenvalue weighted by Crippen LogP contribution is -2.21. The van der Waals surface area contributed by atoms with Crippen LogP contribution in [0.5, 0.6) is 0 Å². The van der Waals surface area contributed by atoms with E-state index in [1.807, 2.05) is 0 Å². The minimum absolute atomic E-state index is 0.214. The van der Waals surface area contributed by atoms with Gasteiger partial charge in [0, 0.05) is 20.9 Å². The Kier molecular flexibility index (Phi) is 4.39. The van der Waals surface area contributed by atoms with Crippen molar-refractivity contribution < 1.29 is 18.3 Å². The van der Waals surface area contributed by atoms with E-state index in [2.05, 4.69) is 9.72 Å². The van der Waals surface area contributed by atoms with E-state index in [0.29, 0.717) is 0 Å². The minimum atomic E-state index is -2.80. The molecule has 1 rings (SSSR count). The number of alkyl halides is 2. The summed E-state index contributed by atoms with van der Waals surface area (Å²) in [5, 5.41) is 0. The molecule has 0 atom stereocenters. The van der Waals surface area contributed by atoms with Gasteiger partial charge in [-0.05, 0) is 22.6 Å². The van der Waals surface area contributed by atoms with Gasteiger partial charge in [0.25, 0.3) is 12.0 Å². The van der Waals surface area contributed by atoms with Gasteiger partial charge in [-0.1, -0.05) is 0 Å². The van der Waals surface area contributed by atoms with Gasteiger partial charge in [0.15, 0.2) is 0 Å². The summed E-state index contributed by atoms with van der Waals surface area (Å²) in [6, 6.07) is 0. The summed E-state index contributed by atoms with van der Waals surface area (Å²) in [4.78, 5) is 24.6. The van der Waals surface area contributed by atoms with Crippen LogP contribution in [0.4, 0.5) is 8.78 Å². The number of halogens is 3. The van der Waals surface area contributed by atoms with E-state index < -0.39 is 29.9 Å². The first kappa shape index (κ1) is 13.1. The number of H-pyrrole nitrogens is 1. The Bertz CT molecular complexity index is 459. The van der Waals surface area contributed by atoms with Crippen LogP contribution in [0.2, 0.25) is 0 Å². The summed E-state index contributed by atoms with van der Waals surface area (Å²) in [6.07, 6.45) is -2.07. The normalized spacial score (nSPS) is 10.6. The quantitative estimate of drug-likeness (QED) is 0.671. The van der Waals surface area contributed by atoms with E-state index in [1.54, 1.807) is 22.6 Å². The summed E-state index contributed by atoms with van der Waals surface area (Å²) < 4.78 is 30.0. The van der Waals surface area contributed by atoms with Crippen LogP contribution in [0.15, 0.2) is 11.0 Å². The third kappa shape index (κ3) is 2.77. The van der Waals surface area contributed by atoms with Crippen molar-refractivity contribution in [1.82, 2.24) is 4.98 Å². The summed E-state index contributed by atoms with van der Waals surface area (Å²) in [6.45, 7) is 0. The number of hydrogen-bond acceptors (Lipinski definition) is 3. The summed E-state index contributed by atoms with van der Waals surface area (Å²) in [5.74, 6) is -0.727. The van der Waals surface area contributed by atoms with Crippen molar-refractivity contribution in [2.75, 3.05) is 7.11 Å². The van der Waals surface area contributed by atoms with Gasteiger partial charge in [-0.2, -0.15) is 0 Å². The first-order valence-corrected chi connectivity index (χ1v) is 5.30. The highest BCUT2D eigenvalue weighted by Gasteiger charge is 2.21. The van der Waals surface area contributed by atoms with Gasteiger partial charge in [-0.15, -0.1) is 0 Å². The number of nitrogens with one attached hydrogen (secondary N) is 1. The van der Waals surface area contributed by atoms with Crippen LogP contribution in [0, 0.1) is 3.57 Å². The molecule has 88 valence electrons. The highest BCUT2D eigenvalue weighted by atomic mass is 127. The second-order valence-corrected chi connectivity index (χ2v) is 4.07. The number of esters is 1. The zero-order valence-electron chi connectivity index (χ0n) is 8.22. The lowest BCUT2D eigenvalue weighted by molar-refractivity contribution is -0.139. The molecule has 0 unspecified atom stereocenters. The maximum Gasteiger partial charge on any atom is 0.310 e. The second-order valence-electron chi connectivity index (χ2n) is 2.91. The highest BCUT2D eigenvalue weighted by Crippen LogP contribution is 2.25. The van der Waals surface area contributed by atoms with Crippen molar-refractivity contribution in [3.8, 4) is 0 Å². The van der Waals surface area contributed by atoms with Crippen LogP contribution in [-0.4, -0.2) is 18.1 Å². The molecule has 1 heterocycles. The van der Waals surface area contributed by atoms with Gasteiger partial charge >= 0.3 is 5.97 Å². The number of ether oxygens (including phenoxy) is 1. The molecule has 0 saturated heterocycles. The monoisotopic (exact) mass is 343 g/mol. The molecule has 0 aromatic carbocycles. The van der Waals surface area contributed by atoms with Gasteiger partial charge in [-0.25, -0.2) is 8.78 Å². The van der Waals surface area contributed by atoms with Crippen LogP contribution in [0.25, 0.3) is 0 Å². The van der Waals surface area contributed by atoms with Crippen molar-refractivity contribution in [1.29, 1.82) is 0 Å². The molecule has 1 aromatic rings. The molecule has 0 saturated carbocycles. The largest absolute Gasteiger partial charge is 0.469 e. The van der Waals surface area contributed by atoms with Gasteiger partial charge in [-0.3, -0.25) is 9.59 Å². The molecule has 7 heteroatoms. The smallest absolute Gasteiger partial charge is 0.310 e. The molecule has 16 heavy (non-hydrogen) atoms. The number of hydrogen-bond donors (Lipinski definition) is 1. The van der Waals surface area contributed by atoms with Gasteiger partial charge in [0.2, 0.25) is 0 Å². The molecule has 0 bridgehead atoms. The maximum absolute atomic E-state index is 12.7. The summed E-state index contributed by atoms with van der Waals surface area (Å²) in [5.41, 5.74) is -1.34. The standard InChI is InChI=1S/C9H8F2INO3/c1-16-6(14)2-4-7(8(10)11)5(12)3-13-9(4)15/h3,8H,2H2,1H3,(H,13,15). The average molecular weight is 343 g/mol. The Hall–Kier alpha value is -0.990. The predicted molar refractivity (Wildman–Crippen MR) is 60.5 cm³/mol. The van der Waals surface area contributed by atoms with Crippen LogP contribution in [0.1, 0.15) is 17.6 Å². The third-order valence-electron chi connectivity index (χ3n) is 1.95. The average Bonchev–Trinajstić information content (AvgIpc) is 2.22. The molecule has 1 aromatic heterocycles. The number of carbonyl (C=O) groups is 1. The Balaban J connectivity index is 3.29. The fourth-order valence-corrected chi connectivity index (χ4v) is 1.90. The molecule has 0 aliphatic carbocycles. The number of pyridine rings is 1. The molecule has 1 N–H and O–H groups in total. The third-order valence-corrected chi connectivity index (χ3v) is 2.85. The fourth-order valence-electron chi connectivity index (χ4n) is 1.19. The Labute approximate surface area is 103 Å². The summed E-state index contributed by atoms with van der Waals surface area (Å²) in [7, 11) is 1.13. The van der Waals surface area contributed by atoms with Crippen molar-refractivity contribution in [3.05, 3.63) is 31.2 Å². The first-order chi connectivity index (χ1) is 7.47. The molecule has 0 fully saturated rings. The van der Waals surface area contributed by atoms with E-state index in [0.717, 1.165) is 7.11 Å². The Morgan fingerprint density at radius 3 is 2.75 bits per heavy atom. The number of aromatic amines is 1. The van der Waals surface area contributed by atoms with Crippen molar-refractivity contribution >= 4 is 28.6 Å². The van der Waals surface area contributed by atoms with Crippen molar-refractivity contribution in [3.63, 3.8) is 0 Å². The van der Waals surface area contributed by atoms with Crippen molar-refractivity contribution in [2.45, 2.75) is 12.8 Å². The Morgan fingerprint density at radius 2 is 2.25 bits per heavy atom. The molecule has 0 aliphatic heterocycles. The van der Waals surface area contributed by atoms with Crippen LogP contribution in [-0.2, 0) is 16.0 Å². The molecule has 4 nitrogen and oxygen atoms in total. The van der Waals surface area contributed by atoms with Crippen molar-refractivity contribution in [2.24, 2.45) is 0 Å². The number of rotatable bonds is 3. The topological polar surface area (TPSA) is 59.2 Å². The lowest BCUT2D eigenvalue weighted by Gasteiger charge is -2.08. The first-order valence-electron chi connectivity index (χ1n) is 4.22. The highest BCUT2D eigenvalue weighted by molar-refractivity contribution is 14.1.